The molecule has 0 aromatic heterocycles. The van der Waals surface area contributed by atoms with Crippen LogP contribution < -0.4 is 10.6 Å². The van der Waals surface area contributed by atoms with Gasteiger partial charge in [0.15, 0.2) is 0 Å². The van der Waals surface area contributed by atoms with Gasteiger partial charge in [-0.25, -0.2) is 0 Å². The lowest BCUT2D eigenvalue weighted by molar-refractivity contribution is -0.127. The molecular weight excluding hydrogens is 216 g/mol. The number of ether oxygens (including phenoxy) is 1. The minimum Gasteiger partial charge on any atom is -0.381 e. The SMILES string of the molecule is CC(C)(CNC(=O)C1CNC1)C1CCOCC1. The maximum atomic E-state index is 11.8. The molecule has 0 bridgehead atoms. The minimum absolute atomic E-state index is 0.177. The molecule has 0 radical (unpaired) electrons. The third-order valence-electron chi connectivity index (χ3n) is 4.20. The first-order valence-corrected chi connectivity index (χ1v) is 6.66. The summed E-state index contributed by atoms with van der Waals surface area (Å²) < 4.78 is 5.39. The van der Waals surface area contributed by atoms with Crippen molar-refractivity contribution in [2.75, 3.05) is 32.8 Å². The average molecular weight is 240 g/mol. The van der Waals surface area contributed by atoms with Crippen LogP contribution in [0.5, 0.6) is 0 Å². The first-order valence-electron chi connectivity index (χ1n) is 6.66. The van der Waals surface area contributed by atoms with Gasteiger partial charge in [0.2, 0.25) is 5.91 Å². The second-order valence-electron chi connectivity index (χ2n) is 5.95. The van der Waals surface area contributed by atoms with Crippen molar-refractivity contribution in [3.05, 3.63) is 0 Å². The second-order valence-corrected chi connectivity index (χ2v) is 5.95. The molecule has 2 aliphatic heterocycles. The third-order valence-corrected chi connectivity index (χ3v) is 4.20. The summed E-state index contributed by atoms with van der Waals surface area (Å²) >= 11 is 0. The summed E-state index contributed by atoms with van der Waals surface area (Å²) in [5, 5.41) is 6.23. The number of hydrogen-bond donors (Lipinski definition) is 2. The van der Waals surface area contributed by atoms with Crippen LogP contribution in [0.25, 0.3) is 0 Å². The van der Waals surface area contributed by atoms with Gasteiger partial charge in [0.25, 0.3) is 0 Å². The van der Waals surface area contributed by atoms with Gasteiger partial charge in [0.1, 0.15) is 0 Å². The van der Waals surface area contributed by atoms with Crippen molar-refractivity contribution in [1.82, 2.24) is 10.6 Å². The maximum absolute atomic E-state index is 11.8. The fourth-order valence-electron chi connectivity index (χ4n) is 2.56. The van der Waals surface area contributed by atoms with E-state index in [0.717, 1.165) is 45.7 Å². The molecule has 1 amide bonds. The standard InChI is InChI=1S/C13H24N2O2/c1-13(2,11-3-5-17-6-4-11)9-15-12(16)10-7-14-8-10/h10-11,14H,3-9H2,1-2H3,(H,15,16). The van der Waals surface area contributed by atoms with Crippen LogP contribution in [-0.4, -0.2) is 38.8 Å². The van der Waals surface area contributed by atoms with Crippen LogP contribution in [0.2, 0.25) is 0 Å². The number of amides is 1. The van der Waals surface area contributed by atoms with Gasteiger partial charge in [0.05, 0.1) is 5.92 Å². The molecule has 2 aliphatic rings. The van der Waals surface area contributed by atoms with Crippen LogP contribution in [0.15, 0.2) is 0 Å². The van der Waals surface area contributed by atoms with Crippen molar-refractivity contribution in [2.24, 2.45) is 17.3 Å². The fourth-order valence-corrected chi connectivity index (χ4v) is 2.56. The summed E-state index contributed by atoms with van der Waals surface area (Å²) in [6.07, 6.45) is 2.24. The number of rotatable bonds is 4. The Morgan fingerprint density at radius 1 is 1.35 bits per heavy atom. The Morgan fingerprint density at radius 3 is 2.53 bits per heavy atom. The van der Waals surface area contributed by atoms with Crippen LogP contribution in [0.4, 0.5) is 0 Å². The van der Waals surface area contributed by atoms with Crippen LogP contribution >= 0.6 is 0 Å². The van der Waals surface area contributed by atoms with E-state index in [2.05, 4.69) is 24.5 Å². The van der Waals surface area contributed by atoms with Gasteiger partial charge in [-0.15, -0.1) is 0 Å². The van der Waals surface area contributed by atoms with Crippen LogP contribution in [0.3, 0.4) is 0 Å². The Hall–Kier alpha value is -0.610. The molecule has 0 atom stereocenters. The van der Waals surface area contributed by atoms with Gasteiger partial charge in [-0.05, 0) is 24.2 Å². The Morgan fingerprint density at radius 2 is 2.00 bits per heavy atom. The van der Waals surface area contributed by atoms with Gasteiger partial charge >= 0.3 is 0 Å². The first kappa shape index (κ1) is 12.8. The van der Waals surface area contributed by atoms with Crippen LogP contribution in [0, 0.1) is 17.3 Å². The molecule has 98 valence electrons. The molecule has 0 unspecified atom stereocenters. The van der Waals surface area contributed by atoms with E-state index < -0.39 is 0 Å². The number of carbonyl (C=O) groups excluding carboxylic acids is 1. The molecule has 2 saturated heterocycles. The van der Waals surface area contributed by atoms with Gasteiger partial charge < -0.3 is 15.4 Å². The maximum Gasteiger partial charge on any atom is 0.225 e. The van der Waals surface area contributed by atoms with Gasteiger partial charge in [-0.1, -0.05) is 13.8 Å². The summed E-state index contributed by atoms with van der Waals surface area (Å²) in [6, 6.07) is 0. The predicted molar refractivity (Wildman–Crippen MR) is 66.7 cm³/mol. The topological polar surface area (TPSA) is 50.4 Å². The number of carbonyl (C=O) groups is 1. The highest BCUT2D eigenvalue weighted by Crippen LogP contribution is 2.33. The van der Waals surface area contributed by atoms with E-state index in [1.54, 1.807) is 0 Å². The van der Waals surface area contributed by atoms with Crippen molar-refractivity contribution < 1.29 is 9.53 Å². The summed E-state index contributed by atoms with van der Waals surface area (Å²) in [7, 11) is 0. The Balaban J connectivity index is 1.77. The summed E-state index contributed by atoms with van der Waals surface area (Å²) in [5.41, 5.74) is 0.177. The zero-order valence-electron chi connectivity index (χ0n) is 10.9. The molecule has 2 N–H and O–H groups in total. The van der Waals surface area contributed by atoms with Crippen molar-refractivity contribution in [2.45, 2.75) is 26.7 Å². The third kappa shape index (κ3) is 3.19. The molecule has 2 rings (SSSR count). The zero-order valence-corrected chi connectivity index (χ0v) is 10.9. The Kier molecular flexibility index (Phi) is 4.05. The minimum atomic E-state index is 0.177. The van der Waals surface area contributed by atoms with E-state index in [0.29, 0.717) is 5.92 Å². The van der Waals surface area contributed by atoms with E-state index in [1.165, 1.54) is 0 Å². The predicted octanol–water partition coefficient (Wildman–Crippen LogP) is 0.775. The number of nitrogens with one attached hydrogen (secondary N) is 2. The van der Waals surface area contributed by atoms with E-state index in [4.69, 9.17) is 4.74 Å². The highest BCUT2D eigenvalue weighted by molar-refractivity contribution is 5.80. The zero-order chi connectivity index (χ0) is 12.3. The van der Waals surface area contributed by atoms with E-state index in [-0.39, 0.29) is 17.2 Å². The Bertz CT molecular complexity index is 269. The number of hydrogen-bond acceptors (Lipinski definition) is 3. The van der Waals surface area contributed by atoms with Gasteiger partial charge in [-0.3, -0.25) is 4.79 Å². The van der Waals surface area contributed by atoms with E-state index in [9.17, 15) is 4.79 Å². The molecule has 4 nitrogen and oxygen atoms in total. The monoisotopic (exact) mass is 240 g/mol. The lowest BCUT2D eigenvalue weighted by atomic mass is 9.74. The van der Waals surface area contributed by atoms with Crippen LogP contribution in [-0.2, 0) is 9.53 Å². The van der Waals surface area contributed by atoms with Crippen molar-refractivity contribution in [1.29, 1.82) is 0 Å². The highest BCUT2D eigenvalue weighted by Gasteiger charge is 2.32. The quantitative estimate of drug-likeness (QED) is 0.763. The molecule has 2 fully saturated rings. The van der Waals surface area contributed by atoms with Crippen molar-refractivity contribution in [3.63, 3.8) is 0 Å². The lowest BCUT2D eigenvalue weighted by Crippen LogP contribution is -2.52. The molecule has 4 heteroatoms. The highest BCUT2D eigenvalue weighted by atomic mass is 16.5. The first-order chi connectivity index (χ1) is 8.09. The molecule has 0 aliphatic carbocycles. The van der Waals surface area contributed by atoms with Crippen molar-refractivity contribution >= 4 is 5.91 Å². The molecule has 17 heavy (non-hydrogen) atoms. The normalized spacial score (nSPS) is 23.2. The largest absolute Gasteiger partial charge is 0.381 e. The molecule has 0 aromatic rings. The van der Waals surface area contributed by atoms with Gasteiger partial charge in [-0.2, -0.15) is 0 Å². The lowest BCUT2D eigenvalue weighted by Gasteiger charge is -2.37. The Labute approximate surface area is 103 Å². The van der Waals surface area contributed by atoms with Crippen molar-refractivity contribution in [3.8, 4) is 0 Å². The average Bonchev–Trinajstić information content (AvgIpc) is 2.25. The summed E-state index contributed by atoms with van der Waals surface area (Å²) in [5.74, 6) is 1.07. The molecule has 0 spiro atoms. The molecule has 0 aromatic carbocycles. The molecule has 0 saturated carbocycles. The summed E-state index contributed by atoms with van der Waals surface area (Å²) in [6.45, 7) is 8.70. The second kappa shape index (κ2) is 5.36. The van der Waals surface area contributed by atoms with E-state index in [1.807, 2.05) is 0 Å². The van der Waals surface area contributed by atoms with Crippen LogP contribution in [0.1, 0.15) is 26.7 Å². The smallest absolute Gasteiger partial charge is 0.225 e. The fraction of sp³-hybridized carbons (Fsp3) is 0.923. The van der Waals surface area contributed by atoms with Gasteiger partial charge in [0, 0.05) is 32.8 Å². The molecular formula is C13H24N2O2. The molecule has 2 heterocycles. The summed E-state index contributed by atoms with van der Waals surface area (Å²) in [4.78, 5) is 11.8. The van der Waals surface area contributed by atoms with E-state index >= 15 is 0 Å².